The third-order valence-corrected chi connectivity index (χ3v) is 14.3. The van der Waals surface area contributed by atoms with E-state index in [1.807, 2.05) is 18.2 Å². The van der Waals surface area contributed by atoms with Crippen molar-refractivity contribution in [1.82, 2.24) is 43.7 Å². The van der Waals surface area contributed by atoms with Crippen molar-refractivity contribution in [3.8, 4) is 11.8 Å². The zero-order chi connectivity index (χ0) is 44.8. The number of halogens is 2. The van der Waals surface area contributed by atoms with E-state index in [9.17, 15) is 28.0 Å². The van der Waals surface area contributed by atoms with Crippen LogP contribution in [0.15, 0.2) is 47.7 Å². The average molecular weight is 894 g/mol. The van der Waals surface area contributed by atoms with E-state index in [4.69, 9.17) is 14.5 Å². The third kappa shape index (κ3) is 8.54. The van der Waals surface area contributed by atoms with Crippen LogP contribution < -0.4 is 21.2 Å². The number of likely N-dealkylation sites (tertiary alicyclic amines) is 1. The van der Waals surface area contributed by atoms with Gasteiger partial charge in [0.25, 0.3) is 12.3 Å². The number of carbonyl (C=O) groups is 3. The molecular formula is C46H53F2N11O6. The van der Waals surface area contributed by atoms with Gasteiger partial charge in [0.1, 0.15) is 24.0 Å². The standard InChI is InChI=1S/C46H53F2N11O6/c1-54-40-30(4-2-6-35(40)59(45(54)63)36-11-12-38(60)52-44(36)62)5-3-23-65-32-13-18-55(19-14-32)25-29-7-9-31(10-8-29)58-26-34(39(53-58)41(47)48)50-43(61)33-24-49-57-20-15-37(51-42(33)57)56-21-16-46(17-22-56)27-64-28-46/h2,4,6,15,20,24,26,29,31-32,36,41H,7-14,16-19,21-23,25,27-28H2,1H3,(H,50,61)(H,52,60,62)/t29-,31-,36?. The van der Waals surface area contributed by atoms with Gasteiger partial charge in [-0.2, -0.15) is 10.2 Å². The van der Waals surface area contributed by atoms with Gasteiger partial charge in [-0.25, -0.2) is 23.1 Å². The fraction of sp³-hybridized carbons (Fsp3) is 0.543. The van der Waals surface area contributed by atoms with Crippen LogP contribution in [0.4, 0.5) is 20.3 Å². The van der Waals surface area contributed by atoms with Crippen molar-refractivity contribution in [3.05, 3.63) is 70.2 Å². The lowest BCUT2D eigenvalue weighted by atomic mass is 9.77. The molecule has 4 aromatic heterocycles. The van der Waals surface area contributed by atoms with Crippen molar-refractivity contribution in [2.75, 3.05) is 62.8 Å². The lowest BCUT2D eigenvalue weighted by Crippen LogP contribution is -2.51. The Morgan fingerprint density at radius 2 is 1.82 bits per heavy atom. The number of aromatic nitrogens is 7. The average Bonchev–Trinajstić information content (AvgIpc) is 4.00. The van der Waals surface area contributed by atoms with Crippen LogP contribution in [-0.4, -0.2) is 115 Å². The molecule has 17 nitrogen and oxygen atoms in total. The number of carbonyl (C=O) groups excluding carboxylic acids is 3. The number of alkyl halides is 2. The Bertz CT molecular complexity index is 2740. The first kappa shape index (κ1) is 43.0. The summed E-state index contributed by atoms with van der Waals surface area (Å²) in [6, 6.07) is 6.52. The molecular weight excluding hydrogens is 841 g/mol. The van der Waals surface area contributed by atoms with Crippen molar-refractivity contribution < 1.29 is 32.6 Å². The van der Waals surface area contributed by atoms with Crippen LogP contribution in [0.2, 0.25) is 0 Å². The molecule has 1 atom stereocenters. The van der Waals surface area contributed by atoms with Crippen LogP contribution in [0.25, 0.3) is 16.7 Å². The van der Waals surface area contributed by atoms with E-state index in [0.717, 1.165) is 103 Å². The number of para-hydroxylation sites is 1. The van der Waals surface area contributed by atoms with Gasteiger partial charge in [-0.15, -0.1) is 0 Å². The minimum absolute atomic E-state index is 0.00576. The number of benzene rings is 1. The van der Waals surface area contributed by atoms with Gasteiger partial charge in [0.15, 0.2) is 11.3 Å². The van der Waals surface area contributed by atoms with Crippen LogP contribution in [0.5, 0.6) is 0 Å². The molecule has 3 amide bonds. The van der Waals surface area contributed by atoms with Crippen LogP contribution in [0.3, 0.4) is 0 Å². The molecule has 0 radical (unpaired) electrons. The number of piperidine rings is 3. The van der Waals surface area contributed by atoms with Crippen molar-refractivity contribution in [3.63, 3.8) is 0 Å². The molecule has 1 aromatic carbocycles. The van der Waals surface area contributed by atoms with Gasteiger partial charge in [0, 0.05) is 64.0 Å². The van der Waals surface area contributed by atoms with Gasteiger partial charge >= 0.3 is 5.69 Å². The molecule has 5 aromatic rings. The first-order chi connectivity index (χ1) is 31.5. The smallest absolute Gasteiger partial charge is 0.329 e. The van der Waals surface area contributed by atoms with Crippen LogP contribution in [0, 0.1) is 23.2 Å². The predicted molar refractivity (Wildman–Crippen MR) is 235 cm³/mol. The highest BCUT2D eigenvalue weighted by Gasteiger charge is 2.41. The maximum Gasteiger partial charge on any atom is 0.329 e. The van der Waals surface area contributed by atoms with Gasteiger partial charge in [0.2, 0.25) is 11.8 Å². The van der Waals surface area contributed by atoms with E-state index in [0.29, 0.717) is 28.2 Å². The van der Waals surface area contributed by atoms with E-state index < -0.39 is 30.0 Å². The molecule has 2 N–H and O–H groups in total. The van der Waals surface area contributed by atoms with Crippen molar-refractivity contribution >= 4 is 45.9 Å². The molecule has 342 valence electrons. The Morgan fingerprint density at radius 1 is 1.03 bits per heavy atom. The predicted octanol–water partition coefficient (Wildman–Crippen LogP) is 4.63. The second-order valence-corrected chi connectivity index (χ2v) is 18.4. The summed E-state index contributed by atoms with van der Waals surface area (Å²) in [7, 11) is 1.66. The molecule has 1 aliphatic carbocycles. The van der Waals surface area contributed by atoms with Crippen molar-refractivity contribution in [2.24, 2.45) is 18.4 Å². The lowest BCUT2D eigenvalue weighted by Gasteiger charge is -2.47. The van der Waals surface area contributed by atoms with Crippen LogP contribution in [0.1, 0.15) is 104 Å². The molecule has 0 bridgehead atoms. The maximum absolute atomic E-state index is 14.3. The highest BCUT2D eigenvalue weighted by molar-refractivity contribution is 6.08. The molecule has 5 fully saturated rings. The lowest BCUT2D eigenvalue weighted by molar-refractivity contribution is -0.135. The summed E-state index contributed by atoms with van der Waals surface area (Å²) >= 11 is 0. The second kappa shape index (κ2) is 17.8. The highest BCUT2D eigenvalue weighted by Crippen LogP contribution is 2.40. The maximum atomic E-state index is 14.3. The minimum atomic E-state index is -2.86. The number of imidazole rings is 1. The van der Waals surface area contributed by atoms with Crippen molar-refractivity contribution in [1.29, 1.82) is 0 Å². The zero-order valence-corrected chi connectivity index (χ0v) is 36.4. The van der Waals surface area contributed by atoms with Crippen molar-refractivity contribution in [2.45, 2.75) is 88.8 Å². The summed E-state index contributed by atoms with van der Waals surface area (Å²) in [5, 5.41) is 13.6. The monoisotopic (exact) mass is 893 g/mol. The number of amides is 3. The quantitative estimate of drug-likeness (QED) is 0.148. The number of aryl methyl sites for hydroxylation is 1. The number of anilines is 2. The summed E-state index contributed by atoms with van der Waals surface area (Å²) in [5.41, 5.74) is 1.93. The molecule has 5 aliphatic rings. The topological polar surface area (TPSA) is 175 Å². The summed E-state index contributed by atoms with van der Waals surface area (Å²) < 4.78 is 46.4. The molecule has 65 heavy (non-hydrogen) atoms. The van der Waals surface area contributed by atoms with Gasteiger partial charge in [-0.05, 0) is 81.9 Å². The number of fused-ring (bicyclic) bond motifs is 2. The molecule has 4 aliphatic heterocycles. The molecule has 19 heteroatoms. The summed E-state index contributed by atoms with van der Waals surface area (Å²) in [5.74, 6) is 6.15. The summed E-state index contributed by atoms with van der Waals surface area (Å²) in [6.07, 6.45) is 9.69. The molecule has 1 saturated carbocycles. The fourth-order valence-corrected chi connectivity index (χ4v) is 10.4. The van der Waals surface area contributed by atoms with E-state index in [2.05, 4.69) is 42.5 Å². The molecule has 1 spiro atoms. The Kier molecular flexibility index (Phi) is 11.7. The van der Waals surface area contributed by atoms with Gasteiger partial charge in [-0.1, -0.05) is 17.9 Å². The zero-order valence-electron chi connectivity index (χ0n) is 36.4. The van der Waals surface area contributed by atoms with Gasteiger partial charge in [-0.3, -0.25) is 33.5 Å². The molecule has 8 heterocycles. The van der Waals surface area contributed by atoms with E-state index in [1.54, 1.807) is 30.2 Å². The summed E-state index contributed by atoms with van der Waals surface area (Å²) in [4.78, 5) is 60.6. The number of nitrogens with one attached hydrogen (secondary N) is 2. The van der Waals surface area contributed by atoms with Gasteiger partial charge < -0.3 is 24.6 Å². The Morgan fingerprint density at radius 3 is 2.54 bits per heavy atom. The highest BCUT2D eigenvalue weighted by atomic mass is 19.3. The Hall–Kier alpha value is -5.97. The Labute approximate surface area is 373 Å². The van der Waals surface area contributed by atoms with E-state index in [1.165, 1.54) is 19.8 Å². The summed E-state index contributed by atoms with van der Waals surface area (Å²) in [6.45, 7) is 6.32. The van der Waals surface area contributed by atoms with Crippen LogP contribution >= 0.6 is 0 Å². The minimum Gasteiger partial charge on any atom is -0.380 e. The normalized spacial score (nSPS) is 22.9. The second-order valence-electron chi connectivity index (χ2n) is 18.4. The number of ether oxygens (including phenoxy) is 2. The first-order valence-electron chi connectivity index (χ1n) is 22.7. The molecule has 10 rings (SSSR count). The number of hydrogen-bond acceptors (Lipinski definition) is 11. The number of rotatable bonds is 10. The Balaban J connectivity index is 0.695. The van der Waals surface area contributed by atoms with Gasteiger partial charge in [0.05, 0.1) is 53.8 Å². The van der Waals surface area contributed by atoms with E-state index >= 15 is 0 Å². The number of imide groups is 1. The number of nitrogens with zero attached hydrogens (tertiary/aromatic N) is 9. The largest absolute Gasteiger partial charge is 0.380 e. The van der Waals surface area contributed by atoms with E-state index in [-0.39, 0.29) is 59.9 Å². The van der Waals surface area contributed by atoms with Crippen LogP contribution in [-0.2, 0) is 26.1 Å². The first-order valence-corrected chi connectivity index (χ1v) is 22.7. The number of hydrogen-bond donors (Lipinski definition) is 2. The SMILES string of the molecule is Cn1c(=O)n(C2CCC(=O)NC2=O)c2cccc(C#CCOC3CCN(C[C@H]4CC[C@H](n5cc(NC(=O)c6cnn7ccc(N8CCC9(CC8)COC9)nc67)c(C(F)F)n5)CC4)CC3)c21. The molecule has 4 saturated heterocycles. The third-order valence-electron chi connectivity index (χ3n) is 14.3. The molecule has 1 unspecified atom stereocenters. The fourth-order valence-electron chi connectivity index (χ4n) is 10.4.